The third-order valence-electron chi connectivity index (χ3n) is 3.34. The summed E-state index contributed by atoms with van der Waals surface area (Å²) in [5.74, 6) is 0. The number of rotatable bonds is 3. The predicted molar refractivity (Wildman–Crippen MR) is 81.9 cm³/mol. The molecule has 1 aliphatic heterocycles. The van der Waals surface area contributed by atoms with Crippen LogP contribution in [-0.2, 0) is 11.3 Å². The first-order chi connectivity index (χ1) is 9.92. The molecule has 116 valence electrons. The van der Waals surface area contributed by atoms with Crippen LogP contribution >= 0.6 is 0 Å². The van der Waals surface area contributed by atoms with Gasteiger partial charge in [-0.25, -0.2) is 4.79 Å². The molecule has 1 aromatic heterocycles. The second-order valence-electron chi connectivity index (χ2n) is 6.54. The number of alkyl carbamates (subject to hydrolysis) is 1. The molecular weight excluding hydrogens is 266 g/mol. The van der Waals surface area contributed by atoms with Crippen LogP contribution < -0.4 is 5.32 Å². The first-order valence-corrected chi connectivity index (χ1v) is 7.54. The van der Waals surface area contributed by atoms with Crippen LogP contribution in [0.1, 0.15) is 39.3 Å². The van der Waals surface area contributed by atoms with E-state index in [1.165, 1.54) is 0 Å². The van der Waals surface area contributed by atoms with Gasteiger partial charge in [-0.3, -0.25) is 9.88 Å². The van der Waals surface area contributed by atoms with E-state index in [9.17, 15) is 4.79 Å². The van der Waals surface area contributed by atoms with E-state index in [4.69, 9.17) is 4.74 Å². The molecule has 0 aliphatic carbocycles. The van der Waals surface area contributed by atoms with Gasteiger partial charge in [-0.05, 0) is 52.3 Å². The van der Waals surface area contributed by atoms with Crippen molar-refractivity contribution >= 4 is 6.09 Å². The van der Waals surface area contributed by atoms with E-state index in [0.29, 0.717) is 0 Å². The Morgan fingerprint density at radius 3 is 2.95 bits per heavy atom. The zero-order valence-corrected chi connectivity index (χ0v) is 13.1. The van der Waals surface area contributed by atoms with E-state index in [1.54, 1.807) is 0 Å². The van der Waals surface area contributed by atoms with Crippen molar-refractivity contribution in [2.24, 2.45) is 0 Å². The molecule has 5 nitrogen and oxygen atoms in total. The Labute approximate surface area is 126 Å². The number of amides is 1. The molecule has 0 spiro atoms. The Morgan fingerprint density at radius 2 is 2.29 bits per heavy atom. The number of pyridine rings is 1. The van der Waals surface area contributed by atoms with Crippen molar-refractivity contribution < 1.29 is 9.53 Å². The summed E-state index contributed by atoms with van der Waals surface area (Å²) in [7, 11) is 0. The van der Waals surface area contributed by atoms with Crippen LogP contribution in [0.25, 0.3) is 0 Å². The summed E-state index contributed by atoms with van der Waals surface area (Å²) in [5.41, 5.74) is 0.613. The smallest absolute Gasteiger partial charge is 0.407 e. The second-order valence-corrected chi connectivity index (χ2v) is 6.54. The lowest BCUT2D eigenvalue weighted by Crippen LogP contribution is -2.48. The third kappa shape index (κ3) is 5.71. The first kappa shape index (κ1) is 15.8. The number of hydrogen-bond acceptors (Lipinski definition) is 4. The van der Waals surface area contributed by atoms with Crippen molar-refractivity contribution in [2.45, 2.75) is 51.8 Å². The van der Waals surface area contributed by atoms with Crippen LogP contribution in [-0.4, -0.2) is 40.7 Å². The van der Waals surface area contributed by atoms with E-state index in [1.807, 2.05) is 45.2 Å². The maximum absolute atomic E-state index is 11.8. The average molecular weight is 291 g/mol. The van der Waals surface area contributed by atoms with Crippen LogP contribution in [0, 0.1) is 0 Å². The van der Waals surface area contributed by atoms with E-state index >= 15 is 0 Å². The summed E-state index contributed by atoms with van der Waals surface area (Å²) in [4.78, 5) is 18.5. The van der Waals surface area contributed by atoms with Gasteiger partial charge < -0.3 is 10.1 Å². The van der Waals surface area contributed by atoms with E-state index in [-0.39, 0.29) is 12.1 Å². The van der Waals surface area contributed by atoms with Gasteiger partial charge in [0.15, 0.2) is 0 Å². The molecule has 1 saturated heterocycles. The van der Waals surface area contributed by atoms with Crippen molar-refractivity contribution in [3.8, 4) is 0 Å². The number of likely N-dealkylation sites (tertiary alicyclic amines) is 1. The van der Waals surface area contributed by atoms with Crippen LogP contribution in [0.3, 0.4) is 0 Å². The van der Waals surface area contributed by atoms with Crippen molar-refractivity contribution in [3.05, 3.63) is 30.1 Å². The quantitative estimate of drug-likeness (QED) is 0.930. The van der Waals surface area contributed by atoms with Gasteiger partial charge in [-0.1, -0.05) is 6.07 Å². The molecule has 0 bridgehead atoms. The van der Waals surface area contributed by atoms with Crippen molar-refractivity contribution in [2.75, 3.05) is 13.1 Å². The minimum absolute atomic E-state index is 0.150. The molecule has 21 heavy (non-hydrogen) atoms. The highest BCUT2D eigenvalue weighted by Gasteiger charge is 2.24. The third-order valence-corrected chi connectivity index (χ3v) is 3.34. The molecule has 0 radical (unpaired) electrons. The van der Waals surface area contributed by atoms with Crippen LogP contribution in [0.15, 0.2) is 24.4 Å². The van der Waals surface area contributed by atoms with Gasteiger partial charge in [-0.15, -0.1) is 0 Å². The molecule has 1 fully saturated rings. The lowest BCUT2D eigenvalue weighted by atomic mass is 10.1. The van der Waals surface area contributed by atoms with Crippen molar-refractivity contribution in [1.29, 1.82) is 0 Å². The normalized spacial score (nSPS) is 20.0. The number of carbonyl (C=O) groups excluding carboxylic acids is 1. The van der Waals surface area contributed by atoms with Gasteiger partial charge in [-0.2, -0.15) is 0 Å². The Balaban J connectivity index is 1.82. The average Bonchev–Trinajstić information content (AvgIpc) is 2.38. The summed E-state index contributed by atoms with van der Waals surface area (Å²) in [6.45, 7) is 8.34. The number of carbonyl (C=O) groups is 1. The minimum atomic E-state index is -0.452. The van der Waals surface area contributed by atoms with Gasteiger partial charge in [0.2, 0.25) is 0 Å². The number of nitrogens with one attached hydrogen (secondary N) is 1. The Hall–Kier alpha value is -1.62. The molecule has 1 aliphatic rings. The standard InChI is InChI=1S/C16H25N3O2/c1-16(2,3)21-15(20)18-14-8-6-10-19(12-14)11-13-7-4-5-9-17-13/h4-5,7,9,14H,6,8,10-12H2,1-3H3,(H,18,20)/t14-/m0/s1. The maximum atomic E-state index is 11.8. The monoisotopic (exact) mass is 291 g/mol. The minimum Gasteiger partial charge on any atom is -0.444 e. The van der Waals surface area contributed by atoms with Gasteiger partial charge >= 0.3 is 6.09 Å². The Morgan fingerprint density at radius 1 is 1.48 bits per heavy atom. The van der Waals surface area contributed by atoms with E-state index in [0.717, 1.165) is 38.2 Å². The highest BCUT2D eigenvalue weighted by Crippen LogP contribution is 2.14. The molecule has 0 unspecified atom stereocenters. The Bertz CT molecular complexity index is 456. The molecular formula is C16H25N3O2. The number of nitrogens with zero attached hydrogens (tertiary/aromatic N) is 2. The summed E-state index contributed by atoms with van der Waals surface area (Å²) >= 11 is 0. The summed E-state index contributed by atoms with van der Waals surface area (Å²) in [5, 5.41) is 2.97. The molecule has 1 amide bonds. The zero-order valence-electron chi connectivity index (χ0n) is 13.1. The number of hydrogen-bond donors (Lipinski definition) is 1. The van der Waals surface area contributed by atoms with E-state index < -0.39 is 5.60 Å². The van der Waals surface area contributed by atoms with Gasteiger partial charge in [0, 0.05) is 25.3 Å². The maximum Gasteiger partial charge on any atom is 0.407 e. The first-order valence-electron chi connectivity index (χ1n) is 7.54. The second kappa shape index (κ2) is 6.89. The topological polar surface area (TPSA) is 54.5 Å². The van der Waals surface area contributed by atoms with Crippen molar-refractivity contribution in [1.82, 2.24) is 15.2 Å². The molecule has 2 rings (SSSR count). The highest BCUT2D eigenvalue weighted by atomic mass is 16.6. The lowest BCUT2D eigenvalue weighted by molar-refractivity contribution is 0.0470. The van der Waals surface area contributed by atoms with Crippen LogP contribution in [0.5, 0.6) is 0 Å². The zero-order chi connectivity index (χ0) is 15.3. The number of ether oxygens (including phenoxy) is 1. The van der Waals surface area contributed by atoms with Gasteiger partial charge in [0.1, 0.15) is 5.60 Å². The predicted octanol–water partition coefficient (Wildman–Crippen LogP) is 2.57. The van der Waals surface area contributed by atoms with E-state index in [2.05, 4.69) is 15.2 Å². The number of aromatic nitrogens is 1. The highest BCUT2D eigenvalue weighted by molar-refractivity contribution is 5.68. The summed E-state index contributed by atoms with van der Waals surface area (Å²) < 4.78 is 5.31. The van der Waals surface area contributed by atoms with Crippen LogP contribution in [0.2, 0.25) is 0 Å². The number of piperidine rings is 1. The fraction of sp³-hybridized carbons (Fsp3) is 0.625. The molecule has 0 saturated carbocycles. The molecule has 1 N–H and O–H groups in total. The Kier molecular flexibility index (Phi) is 5.17. The lowest BCUT2D eigenvalue weighted by Gasteiger charge is -2.33. The molecule has 2 heterocycles. The largest absolute Gasteiger partial charge is 0.444 e. The van der Waals surface area contributed by atoms with Crippen molar-refractivity contribution in [3.63, 3.8) is 0 Å². The van der Waals surface area contributed by atoms with Gasteiger partial charge in [0.25, 0.3) is 0 Å². The fourth-order valence-electron chi connectivity index (χ4n) is 2.51. The van der Waals surface area contributed by atoms with Gasteiger partial charge in [0.05, 0.1) is 5.69 Å². The van der Waals surface area contributed by atoms with Crippen LogP contribution in [0.4, 0.5) is 4.79 Å². The molecule has 1 atom stereocenters. The molecule has 1 aromatic rings. The fourth-order valence-corrected chi connectivity index (χ4v) is 2.51. The summed E-state index contributed by atoms with van der Waals surface area (Å²) in [6.07, 6.45) is 3.56. The summed E-state index contributed by atoms with van der Waals surface area (Å²) in [6, 6.07) is 6.11. The SMILES string of the molecule is CC(C)(C)OC(=O)N[C@H]1CCCN(Cc2ccccn2)C1. The molecule has 5 heteroatoms. The molecule has 0 aromatic carbocycles.